The zero-order valence-electron chi connectivity index (χ0n) is 12.0. The van der Waals surface area contributed by atoms with Crippen LogP contribution in [0.4, 0.5) is 5.69 Å². The summed E-state index contributed by atoms with van der Waals surface area (Å²) in [7, 11) is 0. The van der Waals surface area contributed by atoms with Gasteiger partial charge in [0.15, 0.2) is 0 Å². The highest BCUT2D eigenvalue weighted by Crippen LogP contribution is 2.27. The van der Waals surface area contributed by atoms with Crippen molar-refractivity contribution in [2.45, 2.75) is 6.92 Å². The molecule has 0 saturated heterocycles. The summed E-state index contributed by atoms with van der Waals surface area (Å²) in [6.07, 6.45) is 0. The molecule has 0 aliphatic rings. The van der Waals surface area contributed by atoms with E-state index in [1.807, 2.05) is 54.6 Å². The number of para-hydroxylation sites is 1. The van der Waals surface area contributed by atoms with Crippen LogP contribution in [-0.2, 0) is 0 Å². The number of amides is 1. The molecule has 110 valence electrons. The first kappa shape index (κ1) is 14.6. The van der Waals surface area contributed by atoms with Crippen LogP contribution >= 0.6 is 15.9 Å². The van der Waals surface area contributed by atoms with Crippen molar-refractivity contribution < 1.29 is 9.21 Å². The molecule has 1 aromatic heterocycles. The number of nitrogens with one attached hydrogen (secondary N) is 1. The third kappa shape index (κ3) is 3.12. The summed E-state index contributed by atoms with van der Waals surface area (Å²) in [5.41, 5.74) is 2.24. The van der Waals surface area contributed by atoms with E-state index in [9.17, 15) is 4.79 Å². The average molecular weight is 356 g/mol. The molecule has 0 saturated carbocycles. The molecule has 1 N–H and O–H groups in total. The van der Waals surface area contributed by atoms with E-state index in [4.69, 9.17) is 4.42 Å². The van der Waals surface area contributed by atoms with Gasteiger partial charge in [0.2, 0.25) is 0 Å². The van der Waals surface area contributed by atoms with E-state index in [-0.39, 0.29) is 5.91 Å². The largest absolute Gasteiger partial charge is 0.461 e. The molecule has 0 atom stereocenters. The number of aryl methyl sites for hydroxylation is 1. The van der Waals surface area contributed by atoms with Gasteiger partial charge in [-0.25, -0.2) is 0 Å². The second-order valence-electron chi connectivity index (χ2n) is 4.91. The fourth-order valence-electron chi connectivity index (χ4n) is 2.18. The van der Waals surface area contributed by atoms with Crippen LogP contribution in [0.1, 0.15) is 16.1 Å². The number of furan rings is 1. The van der Waals surface area contributed by atoms with Crippen LogP contribution in [-0.4, -0.2) is 5.91 Å². The molecule has 4 heteroatoms. The van der Waals surface area contributed by atoms with Crippen LogP contribution in [0.2, 0.25) is 0 Å². The molecule has 3 aromatic rings. The molecule has 0 spiro atoms. The van der Waals surface area contributed by atoms with Gasteiger partial charge in [-0.3, -0.25) is 4.79 Å². The van der Waals surface area contributed by atoms with Gasteiger partial charge in [0.05, 0.1) is 5.56 Å². The molecule has 3 rings (SSSR count). The molecule has 1 amide bonds. The number of hydrogen-bond donors (Lipinski definition) is 1. The Morgan fingerprint density at radius 1 is 1.05 bits per heavy atom. The van der Waals surface area contributed by atoms with Crippen LogP contribution < -0.4 is 5.32 Å². The minimum atomic E-state index is -0.171. The standard InChI is InChI=1S/C18H14BrNO2/c1-12-16(18(21)20-15-5-3-2-4-6-15)11-17(22-12)13-7-9-14(19)10-8-13/h2-11H,1H3,(H,20,21). The second-order valence-corrected chi connectivity index (χ2v) is 5.82. The van der Waals surface area contributed by atoms with Gasteiger partial charge in [-0.2, -0.15) is 0 Å². The Hall–Kier alpha value is -2.33. The van der Waals surface area contributed by atoms with Crippen LogP contribution in [0.3, 0.4) is 0 Å². The molecule has 2 aromatic carbocycles. The minimum Gasteiger partial charge on any atom is -0.461 e. The molecular formula is C18H14BrNO2. The Labute approximate surface area is 137 Å². The average Bonchev–Trinajstić information content (AvgIpc) is 2.91. The van der Waals surface area contributed by atoms with Crippen molar-refractivity contribution in [1.82, 2.24) is 0 Å². The Balaban J connectivity index is 1.86. The molecule has 0 unspecified atom stereocenters. The lowest BCUT2D eigenvalue weighted by molar-refractivity contribution is 0.102. The van der Waals surface area contributed by atoms with Gasteiger partial charge in [0.1, 0.15) is 11.5 Å². The highest BCUT2D eigenvalue weighted by atomic mass is 79.9. The SMILES string of the molecule is Cc1oc(-c2ccc(Br)cc2)cc1C(=O)Nc1ccccc1. The van der Waals surface area contributed by atoms with E-state index in [1.54, 1.807) is 13.0 Å². The summed E-state index contributed by atoms with van der Waals surface area (Å²) in [6.45, 7) is 1.79. The number of halogens is 1. The Morgan fingerprint density at radius 3 is 2.41 bits per heavy atom. The smallest absolute Gasteiger partial charge is 0.259 e. The lowest BCUT2D eigenvalue weighted by Gasteiger charge is -2.03. The maximum absolute atomic E-state index is 12.4. The highest BCUT2D eigenvalue weighted by molar-refractivity contribution is 9.10. The summed E-state index contributed by atoms with van der Waals surface area (Å²) in [5.74, 6) is 1.12. The summed E-state index contributed by atoms with van der Waals surface area (Å²) in [6, 6.07) is 18.9. The fourth-order valence-corrected chi connectivity index (χ4v) is 2.45. The zero-order valence-corrected chi connectivity index (χ0v) is 13.6. The number of carbonyl (C=O) groups is 1. The predicted molar refractivity (Wildman–Crippen MR) is 91.0 cm³/mol. The van der Waals surface area contributed by atoms with Crippen molar-refractivity contribution in [1.29, 1.82) is 0 Å². The van der Waals surface area contributed by atoms with Gasteiger partial charge in [0.25, 0.3) is 5.91 Å². The predicted octanol–water partition coefficient (Wildman–Crippen LogP) is 5.27. The topological polar surface area (TPSA) is 42.2 Å². The molecule has 1 heterocycles. The first-order valence-corrected chi connectivity index (χ1v) is 7.65. The Kier molecular flexibility index (Phi) is 4.11. The van der Waals surface area contributed by atoms with E-state index >= 15 is 0 Å². The first-order chi connectivity index (χ1) is 10.6. The van der Waals surface area contributed by atoms with E-state index in [2.05, 4.69) is 21.2 Å². The van der Waals surface area contributed by atoms with Gasteiger partial charge in [-0.05, 0) is 37.3 Å². The zero-order chi connectivity index (χ0) is 15.5. The van der Waals surface area contributed by atoms with Crippen LogP contribution in [0.5, 0.6) is 0 Å². The molecule has 0 bridgehead atoms. The van der Waals surface area contributed by atoms with Gasteiger partial charge in [-0.1, -0.05) is 46.3 Å². The Bertz CT molecular complexity index is 792. The van der Waals surface area contributed by atoms with Crippen molar-refractivity contribution in [2.75, 3.05) is 5.32 Å². The van der Waals surface area contributed by atoms with Crippen molar-refractivity contribution in [3.63, 3.8) is 0 Å². The molecule has 22 heavy (non-hydrogen) atoms. The summed E-state index contributed by atoms with van der Waals surface area (Å²) in [4.78, 5) is 12.4. The summed E-state index contributed by atoms with van der Waals surface area (Å²) < 4.78 is 6.72. The van der Waals surface area contributed by atoms with E-state index in [0.717, 1.165) is 15.7 Å². The monoisotopic (exact) mass is 355 g/mol. The molecule has 3 nitrogen and oxygen atoms in total. The molecule has 0 radical (unpaired) electrons. The number of carbonyl (C=O) groups excluding carboxylic acids is 1. The second kappa shape index (κ2) is 6.20. The number of hydrogen-bond acceptors (Lipinski definition) is 2. The minimum absolute atomic E-state index is 0.171. The van der Waals surface area contributed by atoms with E-state index in [0.29, 0.717) is 17.1 Å². The third-order valence-electron chi connectivity index (χ3n) is 3.32. The number of benzene rings is 2. The number of anilines is 1. The highest BCUT2D eigenvalue weighted by Gasteiger charge is 2.16. The van der Waals surface area contributed by atoms with Gasteiger partial charge < -0.3 is 9.73 Å². The molecule has 0 aliphatic carbocycles. The van der Waals surface area contributed by atoms with E-state index < -0.39 is 0 Å². The molecule has 0 aliphatic heterocycles. The van der Waals surface area contributed by atoms with E-state index in [1.165, 1.54) is 0 Å². The summed E-state index contributed by atoms with van der Waals surface area (Å²) >= 11 is 3.40. The van der Waals surface area contributed by atoms with Crippen molar-refractivity contribution in [2.24, 2.45) is 0 Å². The molecule has 0 fully saturated rings. The van der Waals surface area contributed by atoms with Crippen LogP contribution in [0, 0.1) is 6.92 Å². The van der Waals surface area contributed by atoms with Crippen LogP contribution in [0.25, 0.3) is 11.3 Å². The van der Waals surface area contributed by atoms with Gasteiger partial charge in [0, 0.05) is 15.7 Å². The van der Waals surface area contributed by atoms with Gasteiger partial charge >= 0.3 is 0 Å². The first-order valence-electron chi connectivity index (χ1n) is 6.86. The third-order valence-corrected chi connectivity index (χ3v) is 3.85. The van der Waals surface area contributed by atoms with Crippen molar-refractivity contribution >= 4 is 27.5 Å². The van der Waals surface area contributed by atoms with Crippen LogP contribution in [0.15, 0.2) is 69.6 Å². The van der Waals surface area contributed by atoms with Crippen molar-refractivity contribution in [3.05, 3.63) is 76.5 Å². The normalized spacial score (nSPS) is 10.5. The molecular weight excluding hydrogens is 342 g/mol. The lowest BCUT2D eigenvalue weighted by atomic mass is 10.1. The van der Waals surface area contributed by atoms with Gasteiger partial charge in [-0.15, -0.1) is 0 Å². The maximum Gasteiger partial charge on any atom is 0.259 e. The fraction of sp³-hybridized carbons (Fsp3) is 0.0556. The number of rotatable bonds is 3. The summed E-state index contributed by atoms with van der Waals surface area (Å²) in [5, 5.41) is 2.87. The Morgan fingerprint density at radius 2 is 1.73 bits per heavy atom. The lowest BCUT2D eigenvalue weighted by Crippen LogP contribution is -2.11. The maximum atomic E-state index is 12.4. The quantitative estimate of drug-likeness (QED) is 0.695. The van der Waals surface area contributed by atoms with Crippen molar-refractivity contribution in [3.8, 4) is 11.3 Å².